The zero-order chi connectivity index (χ0) is 64.1. The Morgan fingerprint density at radius 1 is 0.152 bits per heavy atom. The van der Waals surface area contributed by atoms with Crippen molar-refractivity contribution >= 4 is 109 Å². The second-order valence-corrected chi connectivity index (χ2v) is 26.3. The number of benzene rings is 18. The van der Waals surface area contributed by atoms with Gasteiger partial charge in [0.1, 0.15) is 22.3 Å². The van der Waals surface area contributed by atoms with E-state index in [9.17, 15) is 0 Å². The maximum absolute atomic E-state index is 6.39. The van der Waals surface area contributed by atoms with Crippen molar-refractivity contribution in [2.24, 2.45) is 0 Å². The molecule has 22 rings (SSSR count). The van der Waals surface area contributed by atoms with Gasteiger partial charge in [0.2, 0.25) is 0 Å². The topological polar surface area (TPSA) is 26.3 Å². The van der Waals surface area contributed by atoms with Crippen LogP contribution in [0.3, 0.4) is 0 Å². The van der Waals surface area contributed by atoms with Gasteiger partial charge < -0.3 is 8.83 Å². The minimum absolute atomic E-state index is 0. The van der Waals surface area contributed by atoms with Crippen molar-refractivity contribution in [3.05, 3.63) is 340 Å². The Bertz CT molecular complexity index is 6640. The van der Waals surface area contributed by atoms with Crippen LogP contribution >= 0.6 is 0 Å². The molecular formula is C97H60O2. The zero-order valence-corrected chi connectivity index (χ0v) is 53.1. The van der Waals surface area contributed by atoms with Crippen molar-refractivity contribution < 1.29 is 8.83 Å². The van der Waals surface area contributed by atoms with E-state index >= 15 is 0 Å². The fourth-order valence-corrected chi connectivity index (χ4v) is 17.1. The number of fused-ring (bicyclic) bond motifs is 20. The summed E-state index contributed by atoms with van der Waals surface area (Å²) in [5.74, 6) is 0. The average molecular weight is 1260 g/mol. The largest absolute Gasteiger partial charge is 0.456 e. The lowest BCUT2D eigenvalue weighted by atomic mass is 9.81. The Morgan fingerprint density at radius 2 is 0.434 bits per heavy atom. The van der Waals surface area contributed by atoms with Crippen LogP contribution in [0.25, 0.3) is 220 Å². The molecule has 0 N–H and O–H groups in total. The van der Waals surface area contributed by atoms with E-state index in [1.165, 1.54) is 165 Å². The number of furan rings is 2. The molecule has 460 valence electrons. The van der Waals surface area contributed by atoms with Crippen LogP contribution in [0.1, 0.15) is 7.43 Å². The zero-order valence-electron chi connectivity index (χ0n) is 53.1. The van der Waals surface area contributed by atoms with Gasteiger partial charge in [0, 0.05) is 21.5 Å². The summed E-state index contributed by atoms with van der Waals surface area (Å²) in [5.41, 5.74) is 28.8. The Hall–Kier alpha value is -12.9. The molecule has 2 heterocycles. The van der Waals surface area contributed by atoms with E-state index in [0.29, 0.717) is 0 Å². The van der Waals surface area contributed by atoms with Crippen molar-refractivity contribution in [2.75, 3.05) is 0 Å². The Kier molecular flexibility index (Phi) is 12.6. The molecule has 2 heteroatoms. The molecule has 99 heavy (non-hydrogen) atoms. The molecular weight excluding hydrogens is 1200 g/mol. The standard InChI is InChI=1S/2C48H28O.CH4/c1-2-16-35-31(14-1)34-21-9-12-29-13-10-22-38(45(29)34)41-23-11-24-42(47(35)41)48-39-19-5-3-17-36(39)46(37-18-4-6-20-40(37)48)30-26-27-33-32-15-7-8-25-43(32)49-44(33)28-30;1-2-14-33-32(13-1)34-25-23-30(27-43(34)42-21-10-12-29-11-9-20-37(33)46(29)42)47-38-16-3-5-18-40(38)48(41-19-6-4-17-39(41)47)31-24-26-36-35-15-7-8-22-44(35)49-45(36)28-31;/h2*1-28H;1H4. The molecule has 0 radical (unpaired) electrons. The van der Waals surface area contributed by atoms with Gasteiger partial charge in [-0.2, -0.15) is 0 Å². The van der Waals surface area contributed by atoms with Crippen LogP contribution in [0.2, 0.25) is 0 Å². The first-order valence-corrected chi connectivity index (χ1v) is 33.9. The van der Waals surface area contributed by atoms with Crippen LogP contribution < -0.4 is 0 Å². The highest BCUT2D eigenvalue weighted by Gasteiger charge is 2.28. The van der Waals surface area contributed by atoms with Gasteiger partial charge in [-0.15, -0.1) is 0 Å². The Labute approximate surface area is 572 Å². The first-order chi connectivity index (χ1) is 48.6. The molecule has 0 amide bonds. The highest BCUT2D eigenvalue weighted by atomic mass is 16.3. The second kappa shape index (κ2) is 22.1. The maximum Gasteiger partial charge on any atom is 0.136 e. The lowest BCUT2D eigenvalue weighted by Gasteiger charge is -2.21. The van der Waals surface area contributed by atoms with Crippen LogP contribution in [0.4, 0.5) is 0 Å². The smallest absolute Gasteiger partial charge is 0.136 e. The lowest BCUT2D eigenvalue weighted by Crippen LogP contribution is -1.94. The van der Waals surface area contributed by atoms with Crippen molar-refractivity contribution in [3.63, 3.8) is 0 Å². The van der Waals surface area contributed by atoms with Crippen molar-refractivity contribution in [2.45, 2.75) is 7.43 Å². The molecule has 2 aliphatic rings. The van der Waals surface area contributed by atoms with Crippen molar-refractivity contribution in [3.8, 4) is 111 Å². The number of para-hydroxylation sites is 2. The summed E-state index contributed by atoms with van der Waals surface area (Å²) in [5, 5.41) is 19.7. The molecule has 2 aromatic heterocycles. The van der Waals surface area contributed by atoms with Crippen LogP contribution in [0.5, 0.6) is 0 Å². The normalized spacial score (nSPS) is 12.0. The SMILES string of the molecule is C.c1ccc2c(c1)-c1c(-c3c4ccccc4c(-c4ccc5c(c4)oc4ccccc45)c4ccccc34)cccc1-c1cccc3cccc-2c13.c1ccc2c(c1)-c1ccc(-c3c4ccccc4c(-c4ccc5c(c4)oc4ccccc45)c4ccccc34)cc1-c1cccc3cccc-2c13. The summed E-state index contributed by atoms with van der Waals surface area (Å²) < 4.78 is 12.8. The van der Waals surface area contributed by atoms with E-state index in [2.05, 4.69) is 322 Å². The quantitative estimate of drug-likeness (QED) is 0.164. The molecule has 20 aromatic rings. The first-order valence-electron chi connectivity index (χ1n) is 33.9. The molecule has 0 unspecified atom stereocenters. The van der Waals surface area contributed by atoms with Crippen molar-refractivity contribution in [1.82, 2.24) is 0 Å². The fraction of sp³-hybridized carbons (Fsp3) is 0.0103. The van der Waals surface area contributed by atoms with E-state index in [1.807, 2.05) is 18.2 Å². The van der Waals surface area contributed by atoms with Crippen LogP contribution in [0, 0.1) is 0 Å². The third-order valence-corrected chi connectivity index (χ3v) is 21.2. The van der Waals surface area contributed by atoms with Crippen LogP contribution in [0.15, 0.2) is 349 Å². The van der Waals surface area contributed by atoms with E-state index in [-0.39, 0.29) is 7.43 Å². The molecule has 0 spiro atoms. The van der Waals surface area contributed by atoms with E-state index in [4.69, 9.17) is 8.83 Å². The monoisotopic (exact) mass is 1260 g/mol. The highest BCUT2D eigenvalue weighted by molar-refractivity contribution is 6.27. The minimum atomic E-state index is 0. The summed E-state index contributed by atoms with van der Waals surface area (Å²) in [6, 6.07) is 124. The number of hydrogen-bond acceptors (Lipinski definition) is 2. The Morgan fingerprint density at radius 3 is 0.889 bits per heavy atom. The Balaban J connectivity index is 0.000000133. The molecule has 0 aliphatic heterocycles. The fourth-order valence-electron chi connectivity index (χ4n) is 17.1. The molecule has 0 saturated carbocycles. The summed E-state index contributed by atoms with van der Waals surface area (Å²) in [6.07, 6.45) is 0. The maximum atomic E-state index is 6.39. The first kappa shape index (κ1) is 56.5. The average Bonchev–Trinajstić information content (AvgIpc) is 1.69. The highest BCUT2D eigenvalue weighted by Crippen LogP contribution is 2.55. The van der Waals surface area contributed by atoms with Gasteiger partial charge in [0.05, 0.1) is 0 Å². The molecule has 0 atom stereocenters. The minimum Gasteiger partial charge on any atom is -0.456 e. The van der Waals surface area contributed by atoms with Gasteiger partial charge in [0.25, 0.3) is 0 Å². The lowest BCUT2D eigenvalue weighted by molar-refractivity contribution is 0.668. The summed E-state index contributed by atoms with van der Waals surface area (Å²) in [4.78, 5) is 0. The third kappa shape index (κ3) is 8.43. The van der Waals surface area contributed by atoms with Crippen molar-refractivity contribution in [1.29, 1.82) is 0 Å². The predicted molar refractivity (Wildman–Crippen MR) is 421 cm³/mol. The molecule has 2 aliphatic carbocycles. The van der Waals surface area contributed by atoms with Gasteiger partial charge in [-0.25, -0.2) is 0 Å². The predicted octanol–water partition coefficient (Wildman–Crippen LogP) is 28.0. The second-order valence-electron chi connectivity index (χ2n) is 26.3. The van der Waals surface area contributed by atoms with Gasteiger partial charge >= 0.3 is 0 Å². The summed E-state index contributed by atoms with van der Waals surface area (Å²) >= 11 is 0. The van der Waals surface area contributed by atoms with Gasteiger partial charge in [-0.3, -0.25) is 0 Å². The summed E-state index contributed by atoms with van der Waals surface area (Å²) in [6.45, 7) is 0. The van der Waals surface area contributed by atoms with Crippen LogP contribution in [-0.4, -0.2) is 0 Å². The van der Waals surface area contributed by atoms with Gasteiger partial charge in [-0.05, 0) is 218 Å². The van der Waals surface area contributed by atoms with E-state index in [0.717, 1.165) is 55.0 Å². The van der Waals surface area contributed by atoms with E-state index in [1.54, 1.807) is 0 Å². The summed E-state index contributed by atoms with van der Waals surface area (Å²) in [7, 11) is 0. The molecule has 2 nitrogen and oxygen atoms in total. The van der Waals surface area contributed by atoms with Gasteiger partial charge in [0.15, 0.2) is 0 Å². The number of hydrogen-bond donors (Lipinski definition) is 0. The molecule has 0 bridgehead atoms. The molecule has 18 aromatic carbocycles. The van der Waals surface area contributed by atoms with E-state index < -0.39 is 0 Å². The van der Waals surface area contributed by atoms with Crippen LogP contribution in [-0.2, 0) is 0 Å². The third-order valence-electron chi connectivity index (χ3n) is 21.2. The molecule has 0 saturated heterocycles. The van der Waals surface area contributed by atoms with Gasteiger partial charge in [-0.1, -0.05) is 305 Å². The molecule has 0 fully saturated rings. The number of rotatable bonds is 4.